The molecule has 4 rings (SSSR count). The minimum atomic E-state index is 0.277. The van der Waals surface area contributed by atoms with E-state index in [9.17, 15) is 0 Å². The first-order valence-electron chi connectivity index (χ1n) is 9.31. The van der Waals surface area contributed by atoms with Gasteiger partial charge >= 0.3 is 0 Å². The summed E-state index contributed by atoms with van der Waals surface area (Å²) in [4.78, 5) is 19.9. The zero-order valence-electron chi connectivity index (χ0n) is 15.7. The van der Waals surface area contributed by atoms with E-state index in [1.165, 1.54) is 11.1 Å². The number of anilines is 2. The van der Waals surface area contributed by atoms with E-state index in [1.54, 1.807) is 24.5 Å². The van der Waals surface area contributed by atoms with Crippen LogP contribution in [-0.4, -0.2) is 31.4 Å². The van der Waals surface area contributed by atoms with E-state index in [-0.39, 0.29) is 6.04 Å². The number of pyridine rings is 2. The highest BCUT2D eigenvalue weighted by atomic mass is 15.2. The Morgan fingerprint density at radius 2 is 2.07 bits per heavy atom. The van der Waals surface area contributed by atoms with Gasteiger partial charge in [0.05, 0.1) is 36.0 Å². The van der Waals surface area contributed by atoms with Gasteiger partial charge in [0.25, 0.3) is 0 Å². The number of likely N-dealkylation sites (tertiary alicyclic amines) is 1. The van der Waals surface area contributed by atoms with Gasteiger partial charge < -0.3 is 5.32 Å². The maximum absolute atomic E-state index is 8.82. The van der Waals surface area contributed by atoms with E-state index in [2.05, 4.69) is 43.1 Å². The third-order valence-corrected chi connectivity index (χ3v) is 4.84. The molecule has 1 aliphatic rings. The molecule has 3 aromatic heterocycles. The highest BCUT2D eigenvalue weighted by Crippen LogP contribution is 2.32. The number of aryl methyl sites for hydroxylation is 1. The zero-order chi connectivity index (χ0) is 19.3. The van der Waals surface area contributed by atoms with Gasteiger partial charge in [-0.1, -0.05) is 6.07 Å². The molecule has 0 amide bonds. The van der Waals surface area contributed by atoms with Gasteiger partial charge in [-0.05, 0) is 49.6 Å². The Hall–Kier alpha value is -3.37. The van der Waals surface area contributed by atoms with Crippen molar-refractivity contribution in [2.24, 2.45) is 0 Å². The second-order valence-electron chi connectivity index (χ2n) is 6.99. The summed E-state index contributed by atoms with van der Waals surface area (Å²) in [6, 6.07) is 7.94. The van der Waals surface area contributed by atoms with Crippen LogP contribution in [0.15, 0.2) is 49.2 Å². The minimum Gasteiger partial charge on any atom is -0.338 e. The molecule has 1 saturated heterocycles. The molecule has 0 unspecified atom stereocenters. The van der Waals surface area contributed by atoms with Crippen molar-refractivity contribution >= 4 is 11.5 Å². The summed E-state index contributed by atoms with van der Waals surface area (Å²) in [5, 5.41) is 12.0. The van der Waals surface area contributed by atoms with Crippen LogP contribution in [0.5, 0.6) is 0 Å². The number of rotatable bonds is 5. The average Bonchev–Trinajstić information content (AvgIpc) is 3.17. The smallest absolute Gasteiger partial charge is 0.148 e. The van der Waals surface area contributed by atoms with E-state index in [0.29, 0.717) is 11.5 Å². The summed E-state index contributed by atoms with van der Waals surface area (Å²) < 4.78 is 0. The van der Waals surface area contributed by atoms with Gasteiger partial charge in [0.1, 0.15) is 17.6 Å². The lowest BCUT2D eigenvalue weighted by molar-refractivity contribution is 0.243. The Morgan fingerprint density at radius 1 is 1.14 bits per heavy atom. The monoisotopic (exact) mass is 371 g/mol. The van der Waals surface area contributed by atoms with Crippen molar-refractivity contribution in [2.75, 3.05) is 11.9 Å². The van der Waals surface area contributed by atoms with Crippen molar-refractivity contribution in [3.63, 3.8) is 0 Å². The molecule has 0 radical (unpaired) electrons. The van der Waals surface area contributed by atoms with Gasteiger partial charge in [0, 0.05) is 18.9 Å². The summed E-state index contributed by atoms with van der Waals surface area (Å²) in [6.07, 6.45) is 11.3. The summed E-state index contributed by atoms with van der Waals surface area (Å²) >= 11 is 0. The molecule has 28 heavy (non-hydrogen) atoms. The van der Waals surface area contributed by atoms with Crippen LogP contribution in [0, 0.1) is 18.3 Å². The molecule has 7 heteroatoms. The largest absolute Gasteiger partial charge is 0.338 e. The molecule has 1 atom stereocenters. The first-order chi connectivity index (χ1) is 13.7. The van der Waals surface area contributed by atoms with E-state index in [1.807, 2.05) is 24.7 Å². The number of nitrogens with one attached hydrogen (secondary N) is 1. The van der Waals surface area contributed by atoms with E-state index in [0.717, 1.165) is 37.3 Å². The van der Waals surface area contributed by atoms with Gasteiger partial charge in [-0.25, -0.2) is 9.97 Å². The lowest BCUT2D eigenvalue weighted by Gasteiger charge is -2.24. The molecule has 7 nitrogen and oxygen atoms in total. The first kappa shape index (κ1) is 18.0. The molecule has 1 N–H and O–H groups in total. The topological polar surface area (TPSA) is 90.6 Å². The van der Waals surface area contributed by atoms with Crippen LogP contribution in [0.1, 0.15) is 41.4 Å². The van der Waals surface area contributed by atoms with Crippen LogP contribution in [-0.2, 0) is 6.54 Å². The van der Waals surface area contributed by atoms with E-state index >= 15 is 0 Å². The Morgan fingerprint density at radius 3 is 2.79 bits per heavy atom. The minimum absolute atomic E-state index is 0.277. The van der Waals surface area contributed by atoms with Gasteiger partial charge in [-0.2, -0.15) is 5.26 Å². The predicted octanol–water partition coefficient (Wildman–Crippen LogP) is 3.53. The molecule has 1 fully saturated rings. The standard InChI is InChI=1S/C21H21N7/c1-15-7-16(10-23-9-15)14-28-6-2-3-20(28)19-12-26-21(13-25-19)27-18-5-4-17(8-22)24-11-18/h4-5,7,9-13,20H,2-3,6,14H2,1H3,(H,26,27)/t20-/m0/s1. The van der Waals surface area contributed by atoms with Crippen LogP contribution < -0.4 is 5.32 Å². The van der Waals surface area contributed by atoms with Crippen LogP contribution in [0.3, 0.4) is 0 Å². The van der Waals surface area contributed by atoms with Crippen LogP contribution in [0.25, 0.3) is 0 Å². The fraction of sp³-hybridized carbons (Fsp3) is 0.286. The zero-order valence-corrected chi connectivity index (χ0v) is 15.7. The van der Waals surface area contributed by atoms with Gasteiger partial charge in [-0.3, -0.25) is 14.9 Å². The number of nitrogens with zero attached hydrogens (tertiary/aromatic N) is 6. The molecule has 3 aromatic rings. The Bertz CT molecular complexity index is 977. The van der Waals surface area contributed by atoms with Crippen LogP contribution >= 0.6 is 0 Å². The molecular formula is C21H21N7. The first-order valence-corrected chi connectivity index (χ1v) is 9.31. The Kier molecular flexibility index (Phi) is 5.22. The third-order valence-electron chi connectivity index (χ3n) is 4.84. The van der Waals surface area contributed by atoms with E-state index < -0.39 is 0 Å². The number of nitriles is 1. The van der Waals surface area contributed by atoms with Crippen molar-refractivity contribution in [2.45, 2.75) is 32.4 Å². The molecule has 0 spiro atoms. The van der Waals surface area contributed by atoms with Crippen molar-refractivity contribution in [1.29, 1.82) is 5.26 Å². The highest BCUT2D eigenvalue weighted by molar-refractivity contribution is 5.54. The SMILES string of the molecule is Cc1cncc(CN2CCC[C@H]2c2cnc(Nc3ccc(C#N)nc3)cn2)c1. The van der Waals surface area contributed by atoms with E-state index in [4.69, 9.17) is 5.26 Å². The van der Waals surface area contributed by atoms with Crippen molar-refractivity contribution < 1.29 is 0 Å². The summed E-state index contributed by atoms with van der Waals surface area (Å²) in [6.45, 7) is 3.99. The second-order valence-corrected chi connectivity index (χ2v) is 6.99. The molecule has 0 bridgehead atoms. The molecule has 1 aliphatic heterocycles. The molecular weight excluding hydrogens is 350 g/mol. The van der Waals surface area contributed by atoms with Gasteiger partial charge in [0.15, 0.2) is 0 Å². The van der Waals surface area contributed by atoms with Crippen LogP contribution in [0.2, 0.25) is 0 Å². The number of aromatic nitrogens is 4. The quantitative estimate of drug-likeness (QED) is 0.733. The second kappa shape index (κ2) is 8.11. The Labute approximate surface area is 164 Å². The van der Waals surface area contributed by atoms with Crippen molar-refractivity contribution in [3.05, 3.63) is 71.7 Å². The average molecular weight is 371 g/mol. The fourth-order valence-electron chi connectivity index (χ4n) is 3.55. The molecule has 140 valence electrons. The molecule has 0 aliphatic carbocycles. The Balaban J connectivity index is 1.44. The molecule has 0 saturated carbocycles. The van der Waals surface area contributed by atoms with Crippen molar-refractivity contribution in [1.82, 2.24) is 24.8 Å². The van der Waals surface area contributed by atoms with Gasteiger partial charge in [0.2, 0.25) is 0 Å². The molecule has 4 heterocycles. The third kappa shape index (κ3) is 4.13. The maximum atomic E-state index is 8.82. The lowest BCUT2D eigenvalue weighted by Crippen LogP contribution is -2.23. The fourth-order valence-corrected chi connectivity index (χ4v) is 3.55. The van der Waals surface area contributed by atoms with Crippen LogP contribution in [0.4, 0.5) is 11.5 Å². The van der Waals surface area contributed by atoms with Crippen molar-refractivity contribution in [3.8, 4) is 6.07 Å². The normalized spacial score (nSPS) is 16.6. The predicted molar refractivity (Wildman–Crippen MR) is 106 cm³/mol. The number of hydrogen-bond donors (Lipinski definition) is 1. The molecule has 0 aromatic carbocycles. The number of hydrogen-bond acceptors (Lipinski definition) is 7. The lowest BCUT2D eigenvalue weighted by atomic mass is 10.1. The maximum Gasteiger partial charge on any atom is 0.148 e. The summed E-state index contributed by atoms with van der Waals surface area (Å²) in [5.74, 6) is 0.655. The summed E-state index contributed by atoms with van der Waals surface area (Å²) in [7, 11) is 0. The highest BCUT2D eigenvalue weighted by Gasteiger charge is 2.27. The van der Waals surface area contributed by atoms with Gasteiger partial charge in [-0.15, -0.1) is 0 Å². The summed E-state index contributed by atoms with van der Waals surface area (Å²) in [5.41, 5.74) is 4.56.